The van der Waals surface area contributed by atoms with Crippen LogP contribution in [0.5, 0.6) is 0 Å². The Labute approximate surface area is 99.6 Å². The molecule has 2 heterocycles. The van der Waals surface area contributed by atoms with E-state index in [1.165, 1.54) is 0 Å². The Morgan fingerprint density at radius 1 is 0.882 bits per heavy atom. The normalized spacial score (nSPS) is 17.4. The van der Waals surface area contributed by atoms with Crippen molar-refractivity contribution in [3.63, 3.8) is 0 Å². The van der Waals surface area contributed by atoms with Gasteiger partial charge < -0.3 is 10.6 Å². The molecule has 2 bridgehead atoms. The number of amides is 2. The quantitative estimate of drug-likeness (QED) is 0.693. The average Bonchev–Trinajstić information content (AvgIpc) is 2.36. The number of hydrogen-bond acceptors (Lipinski definition) is 3. The van der Waals surface area contributed by atoms with Crippen LogP contribution in [0, 0.1) is 0 Å². The van der Waals surface area contributed by atoms with E-state index in [1.54, 1.807) is 18.2 Å². The molecule has 0 unspecified atom stereocenters. The Kier molecular flexibility index (Phi) is 3.69. The fraction of sp³-hybridized carbons (Fsp3) is 0.417. The topological polar surface area (TPSA) is 71.1 Å². The Morgan fingerprint density at radius 3 is 1.94 bits per heavy atom. The largest absolute Gasteiger partial charge is 0.351 e. The van der Waals surface area contributed by atoms with Gasteiger partial charge in [-0.1, -0.05) is 6.07 Å². The van der Waals surface area contributed by atoms with Gasteiger partial charge >= 0.3 is 0 Å². The number of carbonyl (C=O) groups excluding carboxylic acids is 2. The van der Waals surface area contributed by atoms with Crippen molar-refractivity contribution < 1.29 is 9.59 Å². The monoisotopic (exact) mass is 233 g/mol. The highest BCUT2D eigenvalue weighted by atomic mass is 16.2. The van der Waals surface area contributed by atoms with Gasteiger partial charge in [-0.3, -0.25) is 9.59 Å². The molecule has 1 aliphatic heterocycles. The molecule has 1 aliphatic rings. The lowest BCUT2D eigenvalue weighted by Crippen LogP contribution is -2.30. The molecule has 2 N–H and O–H groups in total. The molecule has 0 radical (unpaired) electrons. The van der Waals surface area contributed by atoms with Gasteiger partial charge in [0.1, 0.15) is 11.4 Å². The summed E-state index contributed by atoms with van der Waals surface area (Å²) >= 11 is 0. The van der Waals surface area contributed by atoms with E-state index in [0.29, 0.717) is 24.5 Å². The summed E-state index contributed by atoms with van der Waals surface area (Å²) in [6.07, 6.45) is 2.82. The molecule has 0 aromatic carbocycles. The minimum Gasteiger partial charge on any atom is -0.351 e. The smallest absolute Gasteiger partial charge is 0.269 e. The maximum Gasteiger partial charge on any atom is 0.269 e. The summed E-state index contributed by atoms with van der Waals surface area (Å²) in [4.78, 5) is 27.4. The summed E-state index contributed by atoms with van der Waals surface area (Å²) in [5.74, 6) is -0.444. The summed E-state index contributed by atoms with van der Waals surface area (Å²) in [6, 6.07) is 4.89. The third-order valence-electron chi connectivity index (χ3n) is 2.64. The predicted octanol–water partition coefficient (Wildman–Crippen LogP) is 0.725. The fourth-order valence-corrected chi connectivity index (χ4v) is 1.70. The van der Waals surface area contributed by atoms with Gasteiger partial charge in [-0.25, -0.2) is 4.98 Å². The Bertz CT molecular complexity index is 396. The lowest BCUT2D eigenvalue weighted by atomic mass is 10.2. The number of nitrogens with zero attached hydrogens (tertiary/aromatic N) is 1. The van der Waals surface area contributed by atoms with Crippen molar-refractivity contribution >= 4 is 11.8 Å². The predicted molar refractivity (Wildman–Crippen MR) is 62.8 cm³/mol. The first-order valence-electron chi connectivity index (χ1n) is 5.81. The van der Waals surface area contributed by atoms with Crippen LogP contribution < -0.4 is 10.6 Å². The van der Waals surface area contributed by atoms with Crippen molar-refractivity contribution in [2.75, 3.05) is 13.1 Å². The molecule has 5 heteroatoms. The second kappa shape index (κ2) is 5.43. The van der Waals surface area contributed by atoms with Gasteiger partial charge in [0.25, 0.3) is 11.8 Å². The molecule has 90 valence electrons. The Balaban J connectivity index is 2.23. The molecule has 17 heavy (non-hydrogen) atoms. The zero-order valence-electron chi connectivity index (χ0n) is 9.53. The van der Waals surface area contributed by atoms with E-state index in [4.69, 9.17) is 0 Å². The van der Waals surface area contributed by atoms with E-state index in [0.717, 1.165) is 19.3 Å². The zero-order valence-corrected chi connectivity index (χ0v) is 9.53. The van der Waals surface area contributed by atoms with Gasteiger partial charge in [0.05, 0.1) is 0 Å². The molecule has 0 atom stereocenters. The fourth-order valence-electron chi connectivity index (χ4n) is 1.70. The average molecular weight is 233 g/mol. The van der Waals surface area contributed by atoms with Gasteiger partial charge in [-0.2, -0.15) is 0 Å². The van der Waals surface area contributed by atoms with Crippen LogP contribution in [0.1, 0.15) is 40.2 Å². The van der Waals surface area contributed by atoms with Crippen molar-refractivity contribution in [1.82, 2.24) is 15.6 Å². The van der Waals surface area contributed by atoms with Crippen LogP contribution in [0.4, 0.5) is 0 Å². The minimum atomic E-state index is -0.222. The highest BCUT2D eigenvalue weighted by molar-refractivity contribution is 5.96. The van der Waals surface area contributed by atoms with E-state index in [2.05, 4.69) is 15.6 Å². The lowest BCUT2D eigenvalue weighted by Gasteiger charge is -2.09. The van der Waals surface area contributed by atoms with Gasteiger partial charge in [0.15, 0.2) is 0 Å². The van der Waals surface area contributed by atoms with Crippen LogP contribution in [0.15, 0.2) is 18.2 Å². The maximum absolute atomic E-state index is 11.7. The van der Waals surface area contributed by atoms with E-state index in [-0.39, 0.29) is 11.8 Å². The molecular formula is C12H15N3O2. The van der Waals surface area contributed by atoms with Crippen molar-refractivity contribution in [2.45, 2.75) is 19.3 Å². The standard InChI is InChI=1S/C12H15N3O2/c16-11-9-5-4-6-10(15-9)12(17)14-8-3-1-2-7-13-11/h4-6H,1-3,7-8H2,(H,13,16)(H,14,17). The second-order valence-corrected chi connectivity index (χ2v) is 3.98. The van der Waals surface area contributed by atoms with E-state index in [9.17, 15) is 9.59 Å². The molecule has 0 saturated heterocycles. The number of pyridine rings is 1. The molecular weight excluding hydrogens is 218 g/mol. The molecule has 2 amide bonds. The molecule has 1 aromatic rings. The molecule has 2 rings (SSSR count). The molecule has 0 saturated carbocycles. The first-order chi connectivity index (χ1) is 8.27. The van der Waals surface area contributed by atoms with Gasteiger partial charge in [0.2, 0.25) is 0 Å². The summed E-state index contributed by atoms with van der Waals surface area (Å²) < 4.78 is 0. The first-order valence-corrected chi connectivity index (χ1v) is 5.81. The third-order valence-corrected chi connectivity index (χ3v) is 2.64. The second-order valence-electron chi connectivity index (χ2n) is 3.98. The highest BCUT2D eigenvalue weighted by Gasteiger charge is 2.12. The zero-order chi connectivity index (χ0) is 12.1. The van der Waals surface area contributed by atoms with Gasteiger partial charge in [-0.05, 0) is 31.4 Å². The summed E-state index contributed by atoms with van der Waals surface area (Å²) in [6.45, 7) is 1.30. The van der Waals surface area contributed by atoms with Crippen LogP contribution in [0.2, 0.25) is 0 Å². The molecule has 0 fully saturated rings. The van der Waals surface area contributed by atoms with Crippen LogP contribution in [-0.2, 0) is 0 Å². The Morgan fingerprint density at radius 2 is 1.41 bits per heavy atom. The molecule has 1 aromatic heterocycles. The van der Waals surface area contributed by atoms with E-state index >= 15 is 0 Å². The third kappa shape index (κ3) is 3.03. The van der Waals surface area contributed by atoms with Gasteiger partial charge in [0, 0.05) is 13.1 Å². The summed E-state index contributed by atoms with van der Waals surface area (Å²) in [5.41, 5.74) is 0.580. The summed E-state index contributed by atoms with van der Waals surface area (Å²) in [7, 11) is 0. The highest BCUT2D eigenvalue weighted by Crippen LogP contribution is 2.02. The van der Waals surface area contributed by atoms with Crippen molar-refractivity contribution in [3.8, 4) is 0 Å². The van der Waals surface area contributed by atoms with E-state index in [1.807, 2.05) is 0 Å². The molecule has 5 nitrogen and oxygen atoms in total. The number of aromatic nitrogens is 1. The molecule has 0 spiro atoms. The van der Waals surface area contributed by atoms with Crippen LogP contribution in [0.3, 0.4) is 0 Å². The van der Waals surface area contributed by atoms with Gasteiger partial charge in [-0.15, -0.1) is 0 Å². The number of fused-ring (bicyclic) bond motifs is 2. The van der Waals surface area contributed by atoms with Crippen molar-refractivity contribution in [3.05, 3.63) is 29.6 Å². The van der Waals surface area contributed by atoms with Crippen LogP contribution in [0.25, 0.3) is 0 Å². The first kappa shape index (κ1) is 11.6. The minimum absolute atomic E-state index is 0.222. The van der Waals surface area contributed by atoms with Crippen molar-refractivity contribution in [2.24, 2.45) is 0 Å². The lowest BCUT2D eigenvalue weighted by molar-refractivity contribution is 0.0941. The molecule has 0 aliphatic carbocycles. The van der Waals surface area contributed by atoms with E-state index < -0.39 is 0 Å². The number of hydrogen-bond donors (Lipinski definition) is 2. The van der Waals surface area contributed by atoms with Crippen molar-refractivity contribution in [1.29, 1.82) is 0 Å². The van der Waals surface area contributed by atoms with Crippen LogP contribution >= 0.6 is 0 Å². The summed E-state index contributed by atoms with van der Waals surface area (Å²) in [5, 5.41) is 5.58. The number of carbonyl (C=O) groups is 2. The Hall–Kier alpha value is -1.91. The number of nitrogens with one attached hydrogen (secondary N) is 2. The SMILES string of the molecule is O=C1NCCCCCNC(=O)c2cccc1n2. The maximum atomic E-state index is 11.7. The van der Waals surface area contributed by atoms with Crippen LogP contribution in [-0.4, -0.2) is 29.9 Å². The number of rotatable bonds is 0.